The van der Waals surface area contributed by atoms with Crippen molar-refractivity contribution in [2.75, 3.05) is 13.6 Å². The van der Waals surface area contributed by atoms with Crippen LogP contribution in [0.4, 0.5) is 0 Å². The molecule has 3 rings (SSSR count). The number of pyridine rings is 1. The highest BCUT2D eigenvalue weighted by molar-refractivity contribution is 5.89. The Balaban J connectivity index is 1.63. The summed E-state index contributed by atoms with van der Waals surface area (Å²) in [5, 5.41) is 4.40. The number of carbonyl (C=O) groups is 2. The first-order valence-corrected chi connectivity index (χ1v) is 8.78. The molecule has 26 heavy (non-hydrogen) atoms. The number of hydrogen-bond acceptors (Lipinski definition) is 4. The van der Waals surface area contributed by atoms with Gasteiger partial charge in [-0.05, 0) is 26.0 Å². The first-order chi connectivity index (χ1) is 12.4. The van der Waals surface area contributed by atoms with Crippen molar-refractivity contribution in [1.29, 1.82) is 0 Å². The Labute approximate surface area is 153 Å². The fraction of sp³-hybridized carbons (Fsp3) is 0.474. The van der Waals surface area contributed by atoms with E-state index in [1.807, 2.05) is 43.8 Å². The van der Waals surface area contributed by atoms with Gasteiger partial charge in [0.1, 0.15) is 0 Å². The van der Waals surface area contributed by atoms with E-state index in [9.17, 15) is 9.59 Å². The number of carbonyl (C=O) groups excluding carboxylic acids is 2. The Morgan fingerprint density at radius 2 is 2.12 bits per heavy atom. The lowest BCUT2D eigenvalue weighted by Gasteiger charge is -2.21. The van der Waals surface area contributed by atoms with Gasteiger partial charge in [-0.1, -0.05) is 6.07 Å². The molecular formula is C19H25N5O2. The number of amides is 2. The van der Waals surface area contributed by atoms with Gasteiger partial charge in [0.05, 0.1) is 23.9 Å². The Morgan fingerprint density at radius 3 is 2.73 bits per heavy atom. The molecule has 1 saturated heterocycles. The quantitative estimate of drug-likeness (QED) is 0.814. The van der Waals surface area contributed by atoms with Crippen LogP contribution in [0.15, 0.2) is 24.4 Å². The topological polar surface area (TPSA) is 71.3 Å². The Hall–Kier alpha value is -2.70. The Kier molecular flexibility index (Phi) is 5.06. The van der Waals surface area contributed by atoms with Gasteiger partial charge in [0.25, 0.3) is 0 Å². The molecule has 0 unspecified atom stereocenters. The van der Waals surface area contributed by atoms with Crippen molar-refractivity contribution in [1.82, 2.24) is 24.6 Å². The summed E-state index contributed by atoms with van der Waals surface area (Å²) in [6.45, 7) is 5.36. The van der Waals surface area contributed by atoms with E-state index in [-0.39, 0.29) is 24.2 Å². The van der Waals surface area contributed by atoms with Gasteiger partial charge in [-0.15, -0.1) is 0 Å². The molecule has 0 radical (unpaired) electrons. The van der Waals surface area contributed by atoms with Crippen LogP contribution >= 0.6 is 0 Å². The summed E-state index contributed by atoms with van der Waals surface area (Å²) in [4.78, 5) is 32.8. The second-order valence-electron chi connectivity index (χ2n) is 6.96. The largest absolute Gasteiger partial charge is 0.341 e. The minimum atomic E-state index is -0.298. The number of aromatic nitrogens is 3. The highest BCUT2D eigenvalue weighted by atomic mass is 16.2. The zero-order chi connectivity index (χ0) is 18.8. The van der Waals surface area contributed by atoms with Gasteiger partial charge in [-0.25, -0.2) is 0 Å². The van der Waals surface area contributed by atoms with E-state index >= 15 is 0 Å². The molecule has 1 fully saturated rings. The molecule has 0 aliphatic carbocycles. The van der Waals surface area contributed by atoms with Gasteiger partial charge in [0.2, 0.25) is 11.8 Å². The Bertz CT molecular complexity index is 815. The van der Waals surface area contributed by atoms with Crippen LogP contribution in [0.2, 0.25) is 0 Å². The highest BCUT2D eigenvalue weighted by Crippen LogP contribution is 2.23. The van der Waals surface area contributed by atoms with Crippen molar-refractivity contribution in [2.45, 2.75) is 33.4 Å². The summed E-state index contributed by atoms with van der Waals surface area (Å²) in [5.74, 6) is -0.283. The predicted octanol–water partition coefficient (Wildman–Crippen LogP) is 1.44. The monoisotopic (exact) mass is 355 g/mol. The summed E-state index contributed by atoms with van der Waals surface area (Å²) in [6, 6.07) is 5.64. The molecule has 7 heteroatoms. The number of rotatable bonds is 5. The first-order valence-electron chi connectivity index (χ1n) is 8.78. The number of likely N-dealkylation sites (tertiary alicyclic amines) is 1. The van der Waals surface area contributed by atoms with Crippen LogP contribution in [0.1, 0.15) is 29.1 Å². The molecule has 3 heterocycles. The second-order valence-corrected chi connectivity index (χ2v) is 6.96. The molecule has 2 amide bonds. The van der Waals surface area contributed by atoms with Gasteiger partial charge in [0.15, 0.2) is 0 Å². The molecule has 1 atom stereocenters. The molecule has 0 N–H and O–H groups in total. The fourth-order valence-corrected chi connectivity index (χ4v) is 3.45. The lowest BCUT2D eigenvalue weighted by Crippen LogP contribution is -2.34. The van der Waals surface area contributed by atoms with Crippen molar-refractivity contribution in [2.24, 2.45) is 13.0 Å². The third kappa shape index (κ3) is 3.61. The third-order valence-corrected chi connectivity index (χ3v) is 5.07. The van der Waals surface area contributed by atoms with Gasteiger partial charge < -0.3 is 9.80 Å². The lowest BCUT2D eigenvalue weighted by molar-refractivity contribution is -0.135. The lowest BCUT2D eigenvalue weighted by atomic mass is 10.1. The minimum Gasteiger partial charge on any atom is -0.341 e. The van der Waals surface area contributed by atoms with Crippen molar-refractivity contribution < 1.29 is 9.59 Å². The predicted molar refractivity (Wildman–Crippen MR) is 96.9 cm³/mol. The minimum absolute atomic E-state index is 0.00419. The van der Waals surface area contributed by atoms with Crippen LogP contribution in [0, 0.1) is 19.8 Å². The fourth-order valence-electron chi connectivity index (χ4n) is 3.45. The molecule has 2 aromatic heterocycles. The van der Waals surface area contributed by atoms with Crippen LogP contribution in [-0.4, -0.2) is 50.0 Å². The molecule has 0 spiro atoms. The van der Waals surface area contributed by atoms with E-state index in [0.717, 1.165) is 22.6 Å². The van der Waals surface area contributed by atoms with Gasteiger partial charge in [-0.2, -0.15) is 5.10 Å². The van der Waals surface area contributed by atoms with E-state index < -0.39 is 0 Å². The zero-order valence-electron chi connectivity index (χ0n) is 15.8. The molecule has 1 aliphatic rings. The molecule has 1 aliphatic heterocycles. The average Bonchev–Trinajstić information content (AvgIpc) is 3.09. The van der Waals surface area contributed by atoms with Crippen LogP contribution in [0.25, 0.3) is 0 Å². The van der Waals surface area contributed by atoms with Gasteiger partial charge >= 0.3 is 0 Å². The zero-order valence-corrected chi connectivity index (χ0v) is 15.8. The standard InChI is InChI=1S/C19H25N5O2/c1-13-17(14(2)23(4)21-13)12-22(3)19(26)15-9-18(25)24(10-15)11-16-7-5-6-8-20-16/h5-8,15H,9-12H2,1-4H3/t15-/m0/s1. The van der Waals surface area contributed by atoms with Gasteiger partial charge in [0, 0.05) is 51.1 Å². The maximum atomic E-state index is 12.8. The molecule has 7 nitrogen and oxygen atoms in total. The SMILES string of the molecule is Cc1nn(C)c(C)c1CN(C)C(=O)[C@H]1CC(=O)N(Cc2ccccn2)C1. The molecule has 0 bridgehead atoms. The smallest absolute Gasteiger partial charge is 0.228 e. The summed E-state index contributed by atoms with van der Waals surface area (Å²) in [6.07, 6.45) is 1.98. The maximum Gasteiger partial charge on any atom is 0.228 e. The summed E-state index contributed by atoms with van der Waals surface area (Å²) < 4.78 is 1.83. The average molecular weight is 355 g/mol. The Morgan fingerprint density at radius 1 is 1.35 bits per heavy atom. The van der Waals surface area contributed by atoms with Gasteiger partial charge in [-0.3, -0.25) is 19.3 Å². The first kappa shape index (κ1) is 18.1. The highest BCUT2D eigenvalue weighted by Gasteiger charge is 2.36. The third-order valence-electron chi connectivity index (χ3n) is 5.07. The molecule has 0 saturated carbocycles. The normalized spacial score (nSPS) is 17.0. The van der Waals surface area contributed by atoms with Crippen molar-refractivity contribution in [3.8, 4) is 0 Å². The van der Waals surface area contributed by atoms with E-state index in [4.69, 9.17) is 0 Å². The van der Waals surface area contributed by atoms with E-state index in [1.165, 1.54) is 0 Å². The van der Waals surface area contributed by atoms with Crippen LogP contribution in [0.3, 0.4) is 0 Å². The molecular weight excluding hydrogens is 330 g/mol. The van der Waals surface area contributed by atoms with Crippen molar-refractivity contribution in [3.63, 3.8) is 0 Å². The van der Waals surface area contributed by atoms with Crippen LogP contribution < -0.4 is 0 Å². The van der Waals surface area contributed by atoms with Crippen LogP contribution in [0.5, 0.6) is 0 Å². The molecule has 138 valence electrons. The van der Waals surface area contributed by atoms with E-state index in [0.29, 0.717) is 19.6 Å². The van der Waals surface area contributed by atoms with Crippen molar-refractivity contribution in [3.05, 3.63) is 47.0 Å². The summed E-state index contributed by atoms with van der Waals surface area (Å²) in [5.41, 5.74) is 3.90. The number of hydrogen-bond donors (Lipinski definition) is 0. The molecule has 0 aromatic carbocycles. The second kappa shape index (κ2) is 7.27. The van der Waals surface area contributed by atoms with Crippen molar-refractivity contribution >= 4 is 11.8 Å². The number of aryl methyl sites for hydroxylation is 2. The summed E-state index contributed by atoms with van der Waals surface area (Å²) in [7, 11) is 3.69. The number of nitrogens with zero attached hydrogens (tertiary/aromatic N) is 5. The maximum absolute atomic E-state index is 12.8. The van der Waals surface area contributed by atoms with Crippen LogP contribution in [-0.2, 0) is 29.7 Å². The van der Waals surface area contributed by atoms with E-state index in [1.54, 1.807) is 23.0 Å². The molecule has 2 aromatic rings. The van der Waals surface area contributed by atoms with E-state index in [2.05, 4.69) is 10.1 Å². The summed E-state index contributed by atoms with van der Waals surface area (Å²) >= 11 is 0.